The minimum Gasteiger partial charge on any atom is -0.369 e. The number of morpholine rings is 1. The second-order valence-electron chi connectivity index (χ2n) is 3.97. The molecule has 1 atom stereocenters. The minimum atomic E-state index is -0.106. The third-order valence-electron chi connectivity index (χ3n) is 2.24. The highest BCUT2D eigenvalue weighted by atomic mass is 16.5. The summed E-state index contributed by atoms with van der Waals surface area (Å²) in [6.07, 6.45) is 0.0493. The number of aromatic nitrogens is 2. The summed E-state index contributed by atoms with van der Waals surface area (Å²) in [6, 6.07) is 0. The van der Waals surface area contributed by atoms with Crippen LogP contribution < -0.4 is 5.32 Å². The lowest BCUT2D eigenvalue weighted by atomic mass is 10.3. The molecule has 1 aromatic rings. The molecule has 16 heavy (non-hydrogen) atoms. The average molecular weight is 227 g/mol. The number of hydrogen-bond donors (Lipinski definition) is 1. The molecule has 90 valence electrons. The Labute approximate surface area is 94.3 Å². The van der Waals surface area contributed by atoms with E-state index in [2.05, 4.69) is 15.5 Å². The average Bonchev–Trinajstić information content (AvgIpc) is 2.76. The molecule has 0 bridgehead atoms. The first kappa shape index (κ1) is 11.5. The van der Waals surface area contributed by atoms with Gasteiger partial charge in [-0.3, -0.25) is 0 Å². The molecule has 2 rings (SSSR count). The van der Waals surface area contributed by atoms with Crippen LogP contribution in [0.5, 0.6) is 0 Å². The van der Waals surface area contributed by atoms with Crippen molar-refractivity contribution in [2.24, 2.45) is 0 Å². The Morgan fingerprint density at radius 3 is 3.12 bits per heavy atom. The predicted octanol–water partition coefficient (Wildman–Crippen LogP) is 0.655. The van der Waals surface area contributed by atoms with Crippen molar-refractivity contribution >= 4 is 0 Å². The summed E-state index contributed by atoms with van der Waals surface area (Å²) >= 11 is 0. The second-order valence-corrected chi connectivity index (χ2v) is 3.97. The van der Waals surface area contributed by atoms with Crippen LogP contribution in [-0.4, -0.2) is 35.9 Å². The zero-order valence-corrected chi connectivity index (χ0v) is 9.60. The first-order valence-corrected chi connectivity index (χ1v) is 5.52. The fourth-order valence-corrected chi connectivity index (χ4v) is 1.43. The van der Waals surface area contributed by atoms with E-state index in [0.29, 0.717) is 24.9 Å². The molecule has 0 aliphatic carbocycles. The van der Waals surface area contributed by atoms with Gasteiger partial charge in [0.1, 0.15) is 12.7 Å². The highest BCUT2D eigenvalue weighted by molar-refractivity contribution is 4.92. The van der Waals surface area contributed by atoms with Gasteiger partial charge in [-0.15, -0.1) is 0 Å². The smallest absolute Gasteiger partial charge is 0.252 e. The molecule has 6 nitrogen and oxygen atoms in total. The van der Waals surface area contributed by atoms with Crippen LogP contribution in [0, 0.1) is 0 Å². The summed E-state index contributed by atoms with van der Waals surface area (Å²) in [5, 5.41) is 7.10. The quantitative estimate of drug-likeness (QED) is 0.814. The number of nitrogens with zero attached hydrogens (tertiary/aromatic N) is 2. The lowest BCUT2D eigenvalue weighted by molar-refractivity contribution is 0.0208. The summed E-state index contributed by atoms with van der Waals surface area (Å²) in [7, 11) is 0. The first-order chi connectivity index (χ1) is 7.75. The van der Waals surface area contributed by atoms with Crippen LogP contribution in [0.2, 0.25) is 0 Å². The monoisotopic (exact) mass is 227 g/mol. The van der Waals surface area contributed by atoms with Crippen molar-refractivity contribution in [1.29, 1.82) is 0 Å². The van der Waals surface area contributed by atoms with Gasteiger partial charge in [0, 0.05) is 13.1 Å². The van der Waals surface area contributed by atoms with Gasteiger partial charge < -0.3 is 19.3 Å². The first-order valence-electron chi connectivity index (χ1n) is 5.52. The minimum absolute atomic E-state index is 0.106. The molecule has 0 amide bonds. The molecular formula is C10H17N3O3. The summed E-state index contributed by atoms with van der Waals surface area (Å²) < 4.78 is 16.0. The van der Waals surface area contributed by atoms with Crippen molar-refractivity contribution in [2.75, 3.05) is 19.7 Å². The maximum atomic E-state index is 5.51. The zero-order chi connectivity index (χ0) is 11.4. The molecule has 1 aliphatic rings. The van der Waals surface area contributed by atoms with Crippen molar-refractivity contribution in [3.63, 3.8) is 0 Å². The number of rotatable bonds is 4. The molecule has 1 aliphatic heterocycles. The van der Waals surface area contributed by atoms with Crippen molar-refractivity contribution in [3.05, 3.63) is 11.7 Å². The van der Waals surface area contributed by atoms with Crippen molar-refractivity contribution in [3.8, 4) is 0 Å². The van der Waals surface area contributed by atoms with Gasteiger partial charge in [0.05, 0.1) is 12.7 Å². The standard InChI is InChI=1S/C10H17N3O3/c1-7(2)15-6-9-12-10(13-16-9)8-5-11-3-4-14-8/h7-8,11H,3-6H2,1-2H3. The number of nitrogens with one attached hydrogen (secondary N) is 1. The van der Waals surface area contributed by atoms with Gasteiger partial charge in [-0.25, -0.2) is 0 Å². The van der Waals surface area contributed by atoms with Crippen LogP contribution in [0.3, 0.4) is 0 Å². The second kappa shape index (κ2) is 5.38. The SMILES string of the molecule is CC(C)OCc1nc(C2CNCCO2)no1. The largest absolute Gasteiger partial charge is 0.369 e. The summed E-state index contributed by atoms with van der Waals surface area (Å²) in [6.45, 7) is 6.56. The molecule has 1 fully saturated rings. The van der Waals surface area contributed by atoms with E-state index >= 15 is 0 Å². The molecule has 0 saturated carbocycles. The molecule has 0 spiro atoms. The van der Waals surface area contributed by atoms with Crippen LogP contribution in [-0.2, 0) is 16.1 Å². The molecular weight excluding hydrogens is 210 g/mol. The van der Waals surface area contributed by atoms with Gasteiger partial charge in [0.25, 0.3) is 5.89 Å². The van der Waals surface area contributed by atoms with Crippen LogP contribution in [0.15, 0.2) is 4.52 Å². The predicted molar refractivity (Wildman–Crippen MR) is 55.8 cm³/mol. The van der Waals surface area contributed by atoms with E-state index in [0.717, 1.165) is 13.1 Å². The third kappa shape index (κ3) is 3.01. The van der Waals surface area contributed by atoms with Gasteiger partial charge in [-0.1, -0.05) is 5.16 Å². The Bertz CT molecular complexity index is 321. The van der Waals surface area contributed by atoms with Crippen LogP contribution in [0.4, 0.5) is 0 Å². The van der Waals surface area contributed by atoms with E-state index in [9.17, 15) is 0 Å². The van der Waals surface area contributed by atoms with E-state index in [4.69, 9.17) is 14.0 Å². The molecule has 1 unspecified atom stereocenters. The van der Waals surface area contributed by atoms with E-state index < -0.39 is 0 Å². The van der Waals surface area contributed by atoms with Crippen LogP contribution in [0.25, 0.3) is 0 Å². The summed E-state index contributed by atoms with van der Waals surface area (Å²) in [5.41, 5.74) is 0. The van der Waals surface area contributed by atoms with Gasteiger partial charge in [-0.05, 0) is 13.8 Å². The molecule has 1 N–H and O–H groups in total. The Morgan fingerprint density at radius 1 is 1.56 bits per heavy atom. The summed E-state index contributed by atoms with van der Waals surface area (Å²) in [5.74, 6) is 1.09. The zero-order valence-electron chi connectivity index (χ0n) is 9.60. The highest BCUT2D eigenvalue weighted by Gasteiger charge is 2.21. The maximum Gasteiger partial charge on any atom is 0.252 e. The fraction of sp³-hybridized carbons (Fsp3) is 0.800. The number of ether oxygens (including phenoxy) is 2. The van der Waals surface area contributed by atoms with Gasteiger partial charge in [-0.2, -0.15) is 4.98 Å². The third-order valence-corrected chi connectivity index (χ3v) is 2.24. The molecule has 1 saturated heterocycles. The Kier molecular flexibility index (Phi) is 3.87. The van der Waals surface area contributed by atoms with E-state index in [1.165, 1.54) is 0 Å². The topological polar surface area (TPSA) is 69.4 Å². The van der Waals surface area contributed by atoms with Crippen molar-refractivity contribution in [1.82, 2.24) is 15.5 Å². The van der Waals surface area contributed by atoms with Crippen LogP contribution in [0.1, 0.15) is 31.7 Å². The molecule has 0 radical (unpaired) electrons. The lowest BCUT2D eigenvalue weighted by Crippen LogP contribution is -2.33. The van der Waals surface area contributed by atoms with Crippen LogP contribution >= 0.6 is 0 Å². The van der Waals surface area contributed by atoms with Gasteiger partial charge in [0.2, 0.25) is 5.82 Å². The van der Waals surface area contributed by atoms with E-state index in [-0.39, 0.29) is 12.2 Å². The van der Waals surface area contributed by atoms with Gasteiger partial charge >= 0.3 is 0 Å². The Balaban J connectivity index is 1.90. The maximum absolute atomic E-state index is 5.51. The lowest BCUT2D eigenvalue weighted by Gasteiger charge is -2.20. The highest BCUT2D eigenvalue weighted by Crippen LogP contribution is 2.15. The van der Waals surface area contributed by atoms with Gasteiger partial charge in [0.15, 0.2) is 0 Å². The van der Waals surface area contributed by atoms with E-state index in [1.807, 2.05) is 13.8 Å². The van der Waals surface area contributed by atoms with Crippen molar-refractivity contribution < 1.29 is 14.0 Å². The number of hydrogen-bond acceptors (Lipinski definition) is 6. The molecule has 0 aromatic carbocycles. The fourth-order valence-electron chi connectivity index (χ4n) is 1.43. The molecule has 6 heteroatoms. The van der Waals surface area contributed by atoms with E-state index in [1.54, 1.807) is 0 Å². The normalized spacial score (nSPS) is 21.6. The molecule has 2 heterocycles. The van der Waals surface area contributed by atoms with Crippen molar-refractivity contribution in [2.45, 2.75) is 32.7 Å². The Morgan fingerprint density at radius 2 is 2.44 bits per heavy atom. The molecule has 1 aromatic heterocycles. The Hall–Kier alpha value is -0.980. The summed E-state index contributed by atoms with van der Waals surface area (Å²) in [4.78, 5) is 4.24.